The monoisotopic (exact) mass is 278 g/mol. The number of hydrogen-bond acceptors (Lipinski definition) is 0. The second kappa shape index (κ2) is 8.75. The van der Waals surface area contributed by atoms with Crippen LogP contribution < -0.4 is 0 Å². The van der Waals surface area contributed by atoms with Crippen LogP contribution in [0.5, 0.6) is 0 Å². The fourth-order valence-electron chi connectivity index (χ4n) is 2.72. The number of hydrogen-bond donors (Lipinski definition) is 0. The standard InChI is InChI=1S/C18H31P/c1-6-8-10-19(11-9-7-2)14-18-16(4)12-15(3)13-17(18)5/h12-13H,6-11,14H2,1-5H3. The molecule has 1 aromatic carbocycles. The van der Waals surface area contributed by atoms with Crippen molar-refractivity contribution in [1.29, 1.82) is 0 Å². The molecule has 0 aromatic heterocycles. The van der Waals surface area contributed by atoms with Crippen LogP contribution in [0.1, 0.15) is 61.8 Å². The molecule has 0 aliphatic carbocycles. The smallest absolute Gasteiger partial charge is 0.00678 e. The van der Waals surface area contributed by atoms with Gasteiger partial charge in [-0.2, -0.15) is 0 Å². The zero-order valence-corrected chi connectivity index (χ0v) is 14.4. The highest BCUT2D eigenvalue weighted by Gasteiger charge is 2.12. The van der Waals surface area contributed by atoms with Crippen LogP contribution in [-0.2, 0) is 6.16 Å². The maximum atomic E-state index is 2.36. The van der Waals surface area contributed by atoms with Gasteiger partial charge in [-0.15, -0.1) is 7.92 Å². The normalized spacial score (nSPS) is 11.3. The van der Waals surface area contributed by atoms with Crippen molar-refractivity contribution in [3.05, 3.63) is 34.4 Å². The molecule has 0 radical (unpaired) electrons. The summed E-state index contributed by atoms with van der Waals surface area (Å²) in [6.07, 6.45) is 9.82. The van der Waals surface area contributed by atoms with Crippen LogP contribution in [0, 0.1) is 20.8 Å². The van der Waals surface area contributed by atoms with Crippen molar-refractivity contribution in [3.63, 3.8) is 0 Å². The third-order valence-corrected chi connectivity index (χ3v) is 6.54. The lowest BCUT2D eigenvalue weighted by atomic mass is 10.0. The largest absolute Gasteiger partial charge is 0.102 e. The predicted octanol–water partition coefficient (Wildman–Crippen LogP) is 6.19. The molecule has 0 bridgehead atoms. The Kier molecular flexibility index (Phi) is 7.69. The number of benzene rings is 1. The van der Waals surface area contributed by atoms with Crippen molar-refractivity contribution in [2.24, 2.45) is 0 Å². The van der Waals surface area contributed by atoms with E-state index in [1.54, 1.807) is 5.56 Å². The summed E-state index contributed by atoms with van der Waals surface area (Å²) in [5.41, 5.74) is 6.07. The molecule has 0 aliphatic rings. The van der Waals surface area contributed by atoms with Crippen LogP contribution in [0.2, 0.25) is 0 Å². The minimum atomic E-state index is 0.209. The van der Waals surface area contributed by atoms with E-state index in [9.17, 15) is 0 Å². The SMILES string of the molecule is CCCCP(CCCC)Cc1c(C)cc(C)cc1C. The van der Waals surface area contributed by atoms with Gasteiger partial charge in [0.1, 0.15) is 0 Å². The van der Waals surface area contributed by atoms with Gasteiger partial charge >= 0.3 is 0 Å². The summed E-state index contributed by atoms with van der Waals surface area (Å²) in [6, 6.07) is 4.71. The zero-order chi connectivity index (χ0) is 14.3. The fraction of sp³-hybridized carbons (Fsp3) is 0.667. The van der Waals surface area contributed by atoms with E-state index in [2.05, 4.69) is 46.8 Å². The van der Waals surface area contributed by atoms with Gasteiger partial charge in [-0.1, -0.05) is 44.4 Å². The van der Waals surface area contributed by atoms with Crippen LogP contribution in [0.4, 0.5) is 0 Å². The lowest BCUT2D eigenvalue weighted by Gasteiger charge is -2.20. The molecule has 0 aliphatic heterocycles. The third kappa shape index (κ3) is 5.65. The minimum Gasteiger partial charge on any atom is -0.102 e. The van der Waals surface area contributed by atoms with Crippen molar-refractivity contribution in [1.82, 2.24) is 0 Å². The number of rotatable bonds is 8. The van der Waals surface area contributed by atoms with Gasteiger partial charge in [0.15, 0.2) is 0 Å². The maximum Gasteiger partial charge on any atom is -0.00678 e. The molecule has 0 heterocycles. The summed E-state index contributed by atoms with van der Waals surface area (Å²) in [6.45, 7) is 11.4. The molecule has 1 heteroatoms. The van der Waals surface area contributed by atoms with Gasteiger partial charge in [-0.05, 0) is 68.8 Å². The highest BCUT2D eigenvalue weighted by molar-refractivity contribution is 7.56. The maximum absolute atomic E-state index is 2.36. The Morgan fingerprint density at radius 1 is 0.842 bits per heavy atom. The zero-order valence-electron chi connectivity index (χ0n) is 13.6. The molecule has 0 unspecified atom stereocenters. The fourth-order valence-corrected chi connectivity index (χ4v) is 5.73. The number of unbranched alkanes of at least 4 members (excludes halogenated alkanes) is 2. The molecule has 1 aromatic rings. The van der Waals surface area contributed by atoms with E-state index in [1.807, 2.05) is 0 Å². The van der Waals surface area contributed by atoms with Crippen LogP contribution in [0.3, 0.4) is 0 Å². The minimum absolute atomic E-state index is 0.209. The molecular weight excluding hydrogens is 247 g/mol. The van der Waals surface area contributed by atoms with E-state index in [0.717, 1.165) is 0 Å². The highest BCUT2D eigenvalue weighted by atomic mass is 31.1. The van der Waals surface area contributed by atoms with E-state index in [1.165, 1.54) is 60.9 Å². The Labute approximate surface area is 121 Å². The summed E-state index contributed by atoms with van der Waals surface area (Å²) in [4.78, 5) is 0. The summed E-state index contributed by atoms with van der Waals surface area (Å²) < 4.78 is 0. The van der Waals surface area contributed by atoms with E-state index < -0.39 is 0 Å². The van der Waals surface area contributed by atoms with E-state index >= 15 is 0 Å². The first kappa shape index (κ1) is 16.7. The van der Waals surface area contributed by atoms with Crippen LogP contribution in [0.25, 0.3) is 0 Å². The first-order valence-electron chi connectivity index (χ1n) is 7.87. The average Bonchev–Trinajstić information content (AvgIpc) is 2.35. The van der Waals surface area contributed by atoms with Crippen LogP contribution in [0.15, 0.2) is 12.1 Å². The Hall–Kier alpha value is -0.350. The van der Waals surface area contributed by atoms with Gasteiger partial charge in [0.2, 0.25) is 0 Å². The lowest BCUT2D eigenvalue weighted by Crippen LogP contribution is -1.99. The molecule has 0 amide bonds. The van der Waals surface area contributed by atoms with Crippen molar-refractivity contribution < 1.29 is 0 Å². The van der Waals surface area contributed by atoms with Gasteiger partial charge in [0.05, 0.1) is 0 Å². The molecule has 1 rings (SSSR count). The Bertz CT molecular complexity index is 350. The Morgan fingerprint density at radius 3 is 1.74 bits per heavy atom. The van der Waals surface area contributed by atoms with Crippen LogP contribution in [-0.4, -0.2) is 12.3 Å². The summed E-state index contributed by atoms with van der Waals surface area (Å²) in [5.74, 6) is 0. The molecule has 0 spiro atoms. The second-order valence-electron chi connectivity index (χ2n) is 5.86. The van der Waals surface area contributed by atoms with Crippen molar-refractivity contribution in [2.75, 3.05) is 12.3 Å². The van der Waals surface area contributed by atoms with Gasteiger partial charge in [-0.3, -0.25) is 0 Å². The van der Waals surface area contributed by atoms with Gasteiger partial charge in [-0.25, -0.2) is 0 Å². The van der Waals surface area contributed by atoms with Gasteiger partial charge < -0.3 is 0 Å². The van der Waals surface area contributed by atoms with E-state index in [-0.39, 0.29) is 7.92 Å². The van der Waals surface area contributed by atoms with Crippen LogP contribution >= 0.6 is 7.92 Å². The molecule has 0 fully saturated rings. The summed E-state index contributed by atoms with van der Waals surface area (Å²) in [7, 11) is 0.209. The van der Waals surface area contributed by atoms with Gasteiger partial charge in [0.25, 0.3) is 0 Å². The molecule has 0 saturated carbocycles. The second-order valence-corrected chi connectivity index (χ2v) is 8.41. The molecule has 19 heavy (non-hydrogen) atoms. The highest BCUT2D eigenvalue weighted by Crippen LogP contribution is 2.43. The summed E-state index contributed by atoms with van der Waals surface area (Å²) in [5, 5.41) is 0. The molecule has 0 N–H and O–H groups in total. The first-order chi connectivity index (χ1) is 9.08. The molecule has 0 nitrogen and oxygen atoms in total. The predicted molar refractivity (Wildman–Crippen MR) is 90.8 cm³/mol. The molecular formula is C18H31P. The molecule has 108 valence electrons. The average molecular weight is 278 g/mol. The van der Waals surface area contributed by atoms with Gasteiger partial charge in [0, 0.05) is 0 Å². The van der Waals surface area contributed by atoms with Crippen molar-refractivity contribution in [2.45, 2.75) is 66.5 Å². The van der Waals surface area contributed by atoms with E-state index in [0.29, 0.717) is 0 Å². The quantitative estimate of drug-likeness (QED) is 0.497. The van der Waals surface area contributed by atoms with E-state index in [4.69, 9.17) is 0 Å². The topological polar surface area (TPSA) is 0 Å². The molecule has 0 saturated heterocycles. The Balaban J connectivity index is 2.77. The Morgan fingerprint density at radius 2 is 1.32 bits per heavy atom. The van der Waals surface area contributed by atoms with Crippen molar-refractivity contribution in [3.8, 4) is 0 Å². The third-order valence-electron chi connectivity index (χ3n) is 3.88. The lowest BCUT2D eigenvalue weighted by molar-refractivity contribution is 0.865. The summed E-state index contributed by atoms with van der Waals surface area (Å²) >= 11 is 0. The van der Waals surface area contributed by atoms with Crippen molar-refractivity contribution >= 4 is 7.92 Å². The first-order valence-corrected chi connectivity index (χ1v) is 9.77. The molecule has 0 atom stereocenters. The number of aryl methyl sites for hydroxylation is 3.